The van der Waals surface area contributed by atoms with Gasteiger partial charge in [0.25, 0.3) is 0 Å². The van der Waals surface area contributed by atoms with Crippen molar-refractivity contribution in [2.75, 3.05) is 15.8 Å². The molecule has 7 nitrogen and oxygen atoms in total. The van der Waals surface area contributed by atoms with Crippen LogP contribution in [0.3, 0.4) is 0 Å². The van der Waals surface area contributed by atoms with Gasteiger partial charge in [-0.2, -0.15) is 4.39 Å². The molecule has 0 spiro atoms. The van der Waals surface area contributed by atoms with E-state index in [0.717, 1.165) is 12.1 Å². The van der Waals surface area contributed by atoms with Gasteiger partial charge in [0, 0.05) is 10.9 Å². The number of sulfonamides is 1. The highest BCUT2D eigenvalue weighted by Crippen LogP contribution is 2.32. The molecule has 2 heterocycles. The van der Waals surface area contributed by atoms with Gasteiger partial charge < -0.3 is 5.32 Å². The molecule has 4 rings (SSSR count). The smallest absolute Gasteiger partial charge is 0.232 e. The molecule has 0 atom stereocenters. The van der Waals surface area contributed by atoms with E-state index in [9.17, 15) is 17.2 Å². The third-order valence-corrected chi connectivity index (χ3v) is 6.20. The topological polar surface area (TPSA) is 96.9 Å². The molecule has 170 valence electrons. The summed E-state index contributed by atoms with van der Waals surface area (Å²) in [6, 6.07) is 11.2. The van der Waals surface area contributed by atoms with Crippen molar-refractivity contribution in [3.05, 3.63) is 72.4 Å². The van der Waals surface area contributed by atoms with Crippen LogP contribution < -0.4 is 10.0 Å². The van der Waals surface area contributed by atoms with Crippen molar-refractivity contribution in [2.45, 2.75) is 13.3 Å². The normalized spacial score (nSPS) is 11.5. The number of fused-ring (bicyclic) bond motifs is 1. The first-order valence-electron chi connectivity index (χ1n) is 9.90. The lowest BCUT2D eigenvalue weighted by Crippen LogP contribution is -2.17. The minimum atomic E-state index is -3.79. The largest absolute Gasteiger partial charge is 0.335 e. The van der Waals surface area contributed by atoms with Crippen LogP contribution in [0.25, 0.3) is 22.2 Å². The maximum absolute atomic E-state index is 15.1. The molecule has 0 aliphatic carbocycles. The first kappa shape index (κ1) is 22.5. The zero-order valence-electron chi connectivity index (χ0n) is 17.3. The summed E-state index contributed by atoms with van der Waals surface area (Å²) >= 11 is 0. The van der Waals surface area contributed by atoms with Gasteiger partial charge in [0.15, 0.2) is 5.82 Å². The number of hydrogen-bond acceptors (Lipinski definition) is 6. The van der Waals surface area contributed by atoms with Gasteiger partial charge in [-0.05, 0) is 42.8 Å². The number of nitrogens with zero attached hydrogens (tertiary/aromatic N) is 3. The molecule has 4 aromatic rings. The molecule has 0 fully saturated rings. The standard InChI is InChI=1S/C22H18F3N5O2S/c1-2-10-33(31,32)30-18-9-7-15(23)21(20(18)25)29-22-14-11-13(6-8-17(14)26-12-27-22)16-4-3-5-19(24)28-16/h3-9,11-12,30H,2,10H2,1H3,(H,26,27,29). The summed E-state index contributed by atoms with van der Waals surface area (Å²) < 4.78 is 69.3. The highest BCUT2D eigenvalue weighted by atomic mass is 32.2. The zero-order valence-corrected chi connectivity index (χ0v) is 18.1. The van der Waals surface area contributed by atoms with Crippen molar-refractivity contribution >= 4 is 38.1 Å². The van der Waals surface area contributed by atoms with Crippen molar-refractivity contribution in [3.63, 3.8) is 0 Å². The maximum Gasteiger partial charge on any atom is 0.232 e. The second-order valence-electron chi connectivity index (χ2n) is 7.13. The Hall–Kier alpha value is -3.73. The first-order chi connectivity index (χ1) is 15.8. The molecule has 0 aliphatic rings. The van der Waals surface area contributed by atoms with Crippen LogP contribution in [-0.2, 0) is 10.0 Å². The summed E-state index contributed by atoms with van der Waals surface area (Å²) in [6.45, 7) is 1.67. The number of hydrogen-bond donors (Lipinski definition) is 2. The Labute approximate surface area is 187 Å². The molecular weight excluding hydrogens is 455 g/mol. The number of aromatic nitrogens is 3. The molecule has 0 amide bonds. The average Bonchev–Trinajstić information content (AvgIpc) is 2.78. The molecule has 0 saturated heterocycles. The van der Waals surface area contributed by atoms with Crippen LogP contribution in [0.15, 0.2) is 54.9 Å². The molecule has 0 saturated carbocycles. The minimum absolute atomic E-state index is 0.0737. The number of halogens is 3. The van der Waals surface area contributed by atoms with Gasteiger partial charge >= 0.3 is 0 Å². The third kappa shape index (κ3) is 4.87. The molecule has 0 bridgehead atoms. The summed E-state index contributed by atoms with van der Waals surface area (Å²) in [6.07, 6.45) is 1.55. The van der Waals surface area contributed by atoms with Gasteiger partial charge in [-0.25, -0.2) is 32.2 Å². The second-order valence-corrected chi connectivity index (χ2v) is 8.97. The quantitative estimate of drug-likeness (QED) is 0.367. The van der Waals surface area contributed by atoms with E-state index in [0.29, 0.717) is 28.6 Å². The van der Waals surface area contributed by atoms with Crippen LogP contribution in [-0.4, -0.2) is 29.1 Å². The summed E-state index contributed by atoms with van der Waals surface area (Å²) in [5, 5.41) is 3.00. The summed E-state index contributed by atoms with van der Waals surface area (Å²) in [5.41, 5.74) is 0.392. The van der Waals surface area contributed by atoms with E-state index in [2.05, 4.69) is 25.0 Å². The van der Waals surface area contributed by atoms with E-state index in [1.54, 1.807) is 31.2 Å². The molecule has 2 aromatic carbocycles. The lowest BCUT2D eigenvalue weighted by Gasteiger charge is -2.14. The third-order valence-electron chi connectivity index (χ3n) is 4.72. The molecule has 33 heavy (non-hydrogen) atoms. The minimum Gasteiger partial charge on any atom is -0.335 e. The highest BCUT2D eigenvalue weighted by Gasteiger charge is 2.19. The van der Waals surface area contributed by atoms with Crippen molar-refractivity contribution < 1.29 is 21.6 Å². The SMILES string of the molecule is CCCS(=O)(=O)Nc1ccc(F)c(Nc2ncnc3ccc(-c4cccc(F)n4)cc23)c1F. The molecule has 2 aromatic heterocycles. The van der Waals surface area contributed by atoms with Crippen LogP contribution in [0.2, 0.25) is 0 Å². The lowest BCUT2D eigenvalue weighted by atomic mass is 10.1. The maximum atomic E-state index is 15.1. The highest BCUT2D eigenvalue weighted by molar-refractivity contribution is 7.92. The molecule has 0 aliphatic heterocycles. The van der Waals surface area contributed by atoms with E-state index >= 15 is 4.39 Å². The van der Waals surface area contributed by atoms with Crippen LogP contribution in [0.4, 0.5) is 30.4 Å². The molecule has 11 heteroatoms. The van der Waals surface area contributed by atoms with Crippen molar-refractivity contribution in [2.24, 2.45) is 0 Å². The zero-order chi connectivity index (χ0) is 23.6. The molecule has 0 unspecified atom stereocenters. The molecular formula is C22H18F3N5O2S. The summed E-state index contributed by atoms with van der Waals surface area (Å²) in [5.74, 6) is -2.85. The van der Waals surface area contributed by atoms with Crippen molar-refractivity contribution in [3.8, 4) is 11.3 Å². The number of rotatable bonds is 7. The Bertz CT molecular complexity index is 1450. The number of pyridine rings is 1. The van der Waals surface area contributed by atoms with E-state index in [1.807, 2.05) is 0 Å². The predicted molar refractivity (Wildman–Crippen MR) is 120 cm³/mol. The predicted octanol–water partition coefficient (Wildman–Crippen LogP) is 5.00. The van der Waals surface area contributed by atoms with Gasteiger partial charge in [-0.15, -0.1) is 0 Å². The van der Waals surface area contributed by atoms with Crippen molar-refractivity contribution in [1.82, 2.24) is 15.0 Å². The van der Waals surface area contributed by atoms with E-state index < -0.39 is 39.0 Å². The Morgan fingerprint density at radius 2 is 1.82 bits per heavy atom. The van der Waals surface area contributed by atoms with Gasteiger partial charge in [-0.1, -0.05) is 19.1 Å². The molecule has 2 N–H and O–H groups in total. The van der Waals surface area contributed by atoms with Crippen LogP contribution >= 0.6 is 0 Å². The van der Waals surface area contributed by atoms with E-state index in [1.165, 1.54) is 18.5 Å². The Balaban J connectivity index is 1.76. The van der Waals surface area contributed by atoms with Crippen LogP contribution in [0.5, 0.6) is 0 Å². The second kappa shape index (κ2) is 9.02. The monoisotopic (exact) mass is 473 g/mol. The Morgan fingerprint density at radius 1 is 1.00 bits per heavy atom. The van der Waals surface area contributed by atoms with Crippen molar-refractivity contribution in [1.29, 1.82) is 0 Å². The summed E-state index contributed by atoms with van der Waals surface area (Å²) in [7, 11) is -3.79. The van der Waals surface area contributed by atoms with Gasteiger partial charge in [-0.3, -0.25) is 4.72 Å². The average molecular weight is 473 g/mol. The van der Waals surface area contributed by atoms with Crippen LogP contribution in [0, 0.1) is 17.6 Å². The lowest BCUT2D eigenvalue weighted by molar-refractivity contribution is 0.585. The fourth-order valence-corrected chi connectivity index (χ4v) is 4.37. The Morgan fingerprint density at radius 3 is 2.58 bits per heavy atom. The van der Waals surface area contributed by atoms with Gasteiger partial charge in [0.1, 0.15) is 23.6 Å². The number of nitrogens with one attached hydrogen (secondary N) is 2. The number of benzene rings is 2. The Kier molecular flexibility index (Phi) is 6.14. The van der Waals surface area contributed by atoms with Crippen LogP contribution in [0.1, 0.15) is 13.3 Å². The number of anilines is 3. The van der Waals surface area contributed by atoms with Gasteiger partial charge in [0.2, 0.25) is 16.0 Å². The molecule has 0 radical (unpaired) electrons. The fraction of sp³-hybridized carbons (Fsp3) is 0.136. The van der Waals surface area contributed by atoms with E-state index in [-0.39, 0.29) is 11.6 Å². The fourth-order valence-electron chi connectivity index (χ4n) is 3.24. The summed E-state index contributed by atoms with van der Waals surface area (Å²) in [4.78, 5) is 12.1. The van der Waals surface area contributed by atoms with E-state index in [4.69, 9.17) is 0 Å². The first-order valence-corrected chi connectivity index (χ1v) is 11.6. The van der Waals surface area contributed by atoms with Gasteiger partial charge in [0.05, 0.1) is 22.7 Å².